The first-order valence-electron chi connectivity index (χ1n) is 10.7. The maximum atomic E-state index is 12.3. The molecule has 0 unspecified atom stereocenters. The molecule has 0 spiro atoms. The zero-order valence-electron chi connectivity index (χ0n) is 17.6. The average Bonchev–Trinajstić information content (AvgIpc) is 2.77. The number of anilines is 2. The smallest absolute Gasteiger partial charge is 0.224 e. The Morgan fingerprint density at radius 2 is 1.90 bits per heavy atom. The highest BCUT2D eigenvalue weighted by Gasteiger charge is 2.17. The van der Waals surface area contributed by atoms with Crippen molar-refractivity contribution in [1.29, 1.82) is 0 Å². The number of aryl methyl sites for hydroxylation is 1. The summed E-state index contributed by atoms with van der Waals surface area (Å²) in [6.07, 6.45) is 4.27. The summed E-state index contributed by atoms with van der Waals surface area (Å²) in [5.41, 5.74) is 2.84. The minimum absolute atomic E-state index is 0.0774. The SMILES string of the molecule is Cc1cccc(N2CCN(CCCCC(=O)Nc3ccc4ncccc4c3)CC2)n1. The molecule has 0 atom stereocenters. The molecule has 6 nitrogen and oxygen atoms in total. The van der Waals surface area contributed by atoms with Gasteiger partial charge in [0.15, 0.2) is 0 Å². The molecule has 0 saturated carbocycles. The van der Waals surface area contributed by atoms with Crippen LogP contribution < -0.4 is 10.2 Å². The lowest BCUT2D eigenvalue weighted by atomic mass is 10.2. The number of fused-ring (bicyclic) bond motifs is 1. The summed E-state index contributed by atoms with van der Waals surface area (Å²) in [4.78, 5) is 26.1. The molecule has 30 heavy (non-hydrogen) atoms. The molecular formula is C24H29N5O. The van der Waals surface area contributed by atoms with Crippen LogP contribution in [0.2, 0.25) is 0 Å². The van der Waals surface area contributed by atoms with Gasteiger partial charge in [0.2, 0.25) is 5.91 Å². The van der Waals surface area contributed by atoms with E-state index in [0.29, 0.717) is 6.42 Å². The summed E-state index contributed by atoms with van der Waals surface area (Å²) in [7, 11) is 0. The van der Waals surface area contributed by atoms with Crippen molar-refractivity contribution in [2.45, 2.75) is 26.2 Å². The van der Waals surface area contributed by atoms with Gasteiger partial charge in [-0.25, -0.2) is 4.98 Å². The van der Waals surface area contributed by atoms with Crippen molar-refractivity contribution >= 4 is 28.3 Å². The van der Waals surface area contributed by atoms with E-state index in [0.717, 1.165) is 73.7 Å². The van der Waals surface area contributed by atoms with Crippen molar-refractivity contribution in [3.05, 3.63) is 60.4 Å². The van der Waals surface area contributed by atoms with Crippen molar-refractivity contribution in [2.75, 3.05) is 42.9 Å². The number of aromatic nitrogens is 2. The molecule has 1 aromatic carbocycles. The molecule has 1 amide bonds. The van der Waals surface area contributed by atoms with Crippen LogP contribution in [0.25, 0.3) is 10.9 Å². The molecule has 156 valence electrons. The van der Waals surface area contributed by atoms with E-state index in [1.165, 1.54) is 0 Å². The number of benzene rings is 1. The molecule has 3 aromatic rings. The highest BCUT2D eigenvalue weighted by atomic mass is 16.1. The Kier molecular flexibility index (Phi) is 6.54. The minimum Gasteiger partial charge on any atom is -0.354 e. The van der Waals surface area contributed by atoms with Crippen LogP contribution in [0.3, 0.4) is 0 Å². The molecule has 1 N–H and O–H groups in total. The molecule has 4 rings (SSSR count). The third kappa shape index (κ3) is 5.33. The van der Waals surface area contributed by atoms with Crippen LogP contribution >= 0.6 is 0 Å². The van der Waals surface area contributed by atoms with Gasteiger partial charge in [-0.05, 0) is 62.7 Å². The molecular weight excluding hydrogens is 374 g/mol. The number of rotatable bonds is 7. The van der Waals surface area contributed by atoms with Crippen molar-refractivity contribution in [3.8, 4) is 0 Å². The predicted octanol–water partition coefficient (Wildman–Crippen LogP) is 3.87. The molecule has 0 radical (unpaired) electrons. The molecule has 0 aliphatic carbocycles. The summed E-state index contributed by atoms with van der Waals surface area (Å²) in [5.74, 6) is 1.16. The maximum absolute atomic E-state index is 12.3. The first-order valence-corrected chi connectivity index (χ1v) is 10.7. The Balaban J connectivity index is 1.15. The number of pyridine rings is 2. The summed E-state index contributed by atoms with van der Waals surface area (Å²) in [6, 6.07) is 15.9. The van der Waals surface area contributed by atoms with Crippen molar-refractivity contribution in [2.24, 2.45) is 0 Å². The van der Waals surface area contributed by atoms with E-state index in [-0.39, 0.29) is 5.91 Å². The van der Waals surface area contributed by atoms with Gasteiger partial charge >= 0.3 is 0 Å². The van der Waals surface area contributed by atoms with Crippen LogP contribution in [0.1, 0.15) is 25.0 Å². The van der Waals surface area contributed by atoms with Crippen molar-refractivity contribution < 1.29 is 4.79 Å². The molecule has 3 heterocycles. The van der Waals surface area contributed by atoms with Gasteiger partial charge < -0.3 is 10.2 Å². The third-order valence-corrected chi connectivity index (χ3v) is 5.58. The number of unbranched alkanes of at least 4 members (excludes halogenated alkanes) is 1. The van der Waals surface area contributed by atoms with Crippen LogP contribution in [0.15, 0.2) is 54.7 Å². The molecule has 0 bridgehead atoms. The molecule has 2 aromatic heterocycles. The predicted molar refractivity (Wildman–Crippen MR) is 122 cm³/mol. The average molecular weight is 404 g/mol. The highest BCUT2D eigenvalue weighted by molar-refractivity contribution is 5.93. The first kappa shape index (κ1) is 20.3. The Morgan fingerprint density at radius 3 is 2.73 bits per heavy atom. The molecule has 1 saturated heterocycles. The zero-order valence-corrected chi connectivity index (χ0v) is 17.6. The summed E-state index contributed by atoms with van der Waals surface area (Å²) in [5, 5.41) is 4.04. The quantitative estimate of drug-likeness (QED) is 0.607. The maximum Gasteiger partial charge on any atom is 0.224 e. The van der Waals surface area contributed by atoms with Gasteiger partial charge in [0.25, 0.3) is 0 Å². The van der Waals surface area contributed by atoms with Crippen LogP contribution in [-0.4, -0.2) is 53.5 Å². The zero-order chi connectivity index (χ0) is 20.8. The van der Waals surface area contributed by atoms with E-state index in [1.807, 2.05) is 43.3 Å². The summed E-state index contributed by atoms with van der Waals surface area (Å²) < 4.78 is 0. The number of hydrogen-bond acceptors (Lipinski definition) is 5. The van der Waals surface area contributed by atoms with Gasteiger partial charge in [0, 0.05) is 55.6 Å². The van der Waals surface area contributed by atoms with E-state index in [2.05, 4.69) is 37.2 Å². The second-order valence-electron chi connectivity index (χ2n) is 7.88. The lowest BCUT2D eigenvalue weighted by molar-refractivity contribution is -0.116. The lowest BCUT2D eigenvalue weighted by Crippen LogP contribution is -2.47. The number of nitrogens with one attached hydrogen (secondary N) is 1. The minimum atomic E-state index is 0.0774. The molecule has 6 heteroatoms. The first-order chi connectivity index (χ1) is 14.7. The van der Waals surface area contributed by atoms with Crippen LogP contribution in [0, 0.1) is 6.92 Å². The summed E-state index contributed by atoms with van der Waals surface area (Å²) >= 11 is 0. The molecule has 1 aliphatic rings. The van der Waals surface area contributed by atoms with Gasteiger partial charge in [-0.2, -0.15) is 0 Å². The van der Waals surface area contributed by atoms with Gasteiger partial charge in [-0.15, -0.1) is 0 Å². The fourth-order valence-corrected chi connectivity index (χ4v) is 3.90. The topological polar surface area (TPSA) is 61.4 Å². The fourth-order valence-electron chi connectivity index (χ4n) is 3.90. The van der Waals surface area contributed by atoms with E-state index >= 15 is 0 Å². The number of piperazine rings is 1. The number of carbonyl (C=O) groups is 1. The molecule has 1 aliphatic heterocycles. The number of nitrogens with zero attached hydrogens (tertiary/aromatic N) is 4. The third-order valence-electron chi connectivity index (χ3n) is 5.58. The van der Waals surface area contributed by atoms with Gasteiger partial charge in [0.05, 0.1) is 5.52 Å². The van der Waals surface area contributed by atoms with E-state index < -0.39 is 0 Å². The van der Waals surface area contributed by atoms with Crippen LogP contribution in [0.5, 0.6) is 0 Å². The van der Waals surface area contributed by atoms with Gasteiger partial charge in [-0.1, -0.05) is 12.1 Å². The second kappa shape index (κ2) is 9.67. The normalized spacial score (nSPS) is 14.8. The number of hydrogen-bond donors (Lipinski definition) is 1. The highest BCUT2D eigenvalue weighted by Crippen LogP contribution is 2.18. The monoisotopic (exact) mass is 403 g/mol. The van der Waals surface area contributed by atoms with Crippen LogP contribution in [-0.2, 0) is 4.79 Å². The van der Waals surface area contributed by atoms with E-state index in [1.54, 1.807) is 6.20 Å². The largest absolute Gasteiger partial charge is 0.354 e. The summed E-state index contributed by atoms with van der Waals surface area (Å²) in [6.45, 7) is 7.19. The van der Waals surface area contributed by atoms with Gasteiger partial charge in [0.1, 0.15) is 5.82 Å². The van der Waals surface area contributed by atoms with Gasteiger partial charge in [-0.3, -0.25) is 14.7 Å². The number of carbonyl (C=O) groups excluding carboxylic acids is 1. The van der Waals surface area contributed by atoms with E-state index in [4.69, 9.17) is 0 Å². The second-order valence-corrected chi connectivity index (χ2v) is 7.88. The Bertz CT molecular complexity index is 998. The lowest BCUT2D eigenvalue weighted by Gasteiger charge is -2.35. The van der Waals surface area contributed by atoms with E-state index in [9.17, 15) is 4.79 Å². The standard InChI is InChI=1S/C24H29N5O/c1-19-6-4-8-23(26-19)29-16-14-28(15-17-29)13-3-2-9-24(30)27-21-10-11-22-20(18-21)7-5-12-25-22/h4-8,10-12,18H,2-3,9,13-17H2,1H3,(H,27,30). The Labute approximate surface area is 177 Å². The fraction of sp³-hybridized carbons (Fsp3) is 0.375. The Morgan fingerprint density at radius 1 is 1.03 bits per heavy atom. The van der Waals surface area contributed by atoms with Crippen molar-refractivity contribution in [3.63, 3.8) is 0 Å². The number of amides is 1. The van der Waals surface area contributed by atoms with Crippen molar-refractivity contribution in [1.82, 2.24) is 14.9 Å². The molecule has 1 fully saturated rings. The van der Waals surface area contributed by atoms with Crippen LogP contribution in [0.4, 0.5) is 11.5 Å². The Hall–Kier alpha value is -2.99.